The summed E-state index contributed by atoms with van der Waals surface area (Å²) >= 11 is 3.37. The Morgan fingerprint density at radius 3 is 2.83 bits per heavy atom. The van der Waals surface area contributed by atoms with Gasteiger partial charge in [0.15, 0.2) is 5.76 Å². The minimum Gasteiger partial charge on any atom is -0.456 e. The molecule has 18 heavy (non-hydrogen) atoms. The van der Waals surface area contributed by atoms with E-state index in [9.17, 15) is 4.79 Å². The second-order valence-electron chi connectivity index (χ2n) is 3.79. The number of furan rings is 1. The smallest absolute Gasteiger partial charge is 0.294 e. The maximum atomic E-state index is 12.2. The quantitative estimate of drug-likeness (QED) is 0.874. The third kappa shape index (κ3) is 2.46. The van der Waals surface area contributed by atoms with E-state index in [4.69, 9.17) is 4.42 Å². The molecule has 2 aromatic heterocycles. The summed E-state index contributed by atoms with van der Waals surface area (Å²) in [4.78, 5) is 17.8. The van der Waals surface area contributed by atoms with Crippen LogP contribution in [0.2, 0.25) is 0 Å². The average molecular weight is 309 g/mol. The summed E-state index contributed by atoms with van der Waals surface area (Å²) in [5.74, 6) is 1.48. The standard InChI is InChI=1S/C13H13BrN2O2/c1-3-9-6-7-11(18-9)13(17)16(2)12-10(14)5-4-8-15-12/h4-8H,3H2,1-2H3. The number of anilines is 1. The van der Waals surface area contributed by atoms with Crippen molar-refractivity contribution in [3.63, 3.8) is 0 Å². The second kappa shape index (κ2) is 5.35. The maximum Gasteiger partial charge on any atom is 0.294 e. The van der Waals surface area contributed by atoms with Gasteiger partial charge in [0.2, 0.25) is 0 Å². The molecule has 0 unspecified atom stereocenters. The van der Waals surface area contributed by atoms with E-state index < -0.39 is 0 Å². The molecule has 0 aliphatic carbocycles. The van der Waals surface area contributed by atoms with Crippen molar-refractivity contribution in [1.29, 1.82) is 0 Å². The number of rotatable bonds is 3. The van der Waals surface area contributed by atoms with Crippen molar-refractivity contribution >= 4 is 27.7 Å². The van der Waals surface area contributed by atoms with Crippen molar-refractivity contribution in [2.75, 3.05) is 11.9 Å². The largest absolute Gasteiger partial charge is 0.456 e. The van der Waals surface area contributed by atoms with E-state index in [1.165, 1.54) is 4.90 Å². The Bertz CT molecular complexity index is 566. The fourth-order valence-corrected chi connectivity index (χ4v) is 2.09. The Balaban J connectivity index is 2.26. The van der Waals surface area contributed by atoms with Crippen molar-refractivity contribution in [3.8, 4) is 0 Å². The number of pyridine rings is 1. The zero-order chi connectivity index (χ0) is 13.1. The van der Waals surface area contributed by atoms with E-state index in [1.54, 1.807) is 25.4 Å². The van der Waals surface area contributed by atoms with E-state index in [0.29, 0.717) is 11.6 Å². The SMILES string of the molecule is CCc1ccc(C(=O)N(C)c2ncccc2Br)o1. The molecule has 2 rings (SSSR count). The van der Waals surface area contributed by atoms with Gasteiger partial charge in [-0.3, -0.25) is 9.69 Å². The van der Waals surface area contributed by atoms with Crippen molar-refractivity contribution < 1.29 is 9.21 Å². The van der Waals surface area contributed by atoms with Gasteiger partial charge < -0.3 is 4.42 Å². The first-order chi connectivity index (χ1) is 8.63. The van der Waals surface area contributed by atoms with Crippen LogP contribution in [0.5, 0.6) is 0 Å². The van der Waals surface area contributed by atoms with Gasteiger partial charge in [-0.1, -0.05) is 6.92 Å². The molecular formula is C13H13BrN2O2. The molecule has 0 saturated carbocycles. The molecule has 0 N–H and O–H groups in total. The predicted molar refractivity (Wildman–Crippen MR) is 72.8 cm³/mol. The molecule has 5 heteroatoms. The van der Waals surface area contributed by atoms with Gasteiger partial charge in [0.25, 0.3) is 5.91 Å². The van der Waals surface area contributed by atoms with Gasteiger partial charge in [-0.2, -0.15) is 0 Å². The summed E-state index contributed by atoms with van der Waals surface area (Å²) in [6, 6.07) is 7.14. The first kappa shape index (κ1) is 12.8. The number of hydrogen-bond acceptors (Lipinski definition) is 3. The fourth-order valence-electron chi connectivity index (χ4n) is 1.57. The molecule has 2 aromatic rings. The average Bonchev–Trinajstić information content (AvgIpc) is 2.86. The number of aromatic nitrogens is 1. The summed E-state index contributed by atoms with van der Waals surface area (Å²) in [5.41, 5.74) is 0. The van der Waals surface area contributed by atoms with Gasteiger partial charge in [0.05, 0.1) is 4.47 Å². The number of amides is 1. The Hall–Kier alpha value is -1.62. The molecule has 0 aromatic carbocycles. The van der Waals surface area contributed by atoms with Crippen LogP contribution in [0.1, 0.15) is 23.2 Å². The Labute approximate surface area is 114 Å². The normalized spacial score (nSPS) is 10.4. The first-order valence-corrected chi connectivity index (χ1v) is 6.40. The lowest BCUT2D eigenvalue weighted by molar-refractivity contribution is 0.0964. The van der Waals surface area contributed by atoms with Crippen LogP contribution >= 0.6 is 15.9 Å². The third-order valence-electron chi connectivity index (χ3n) is 2.58. The highest BCUT2D eigenvalue weighted by Gasteiger charge is 2.19. The molecule has 0 fully saturated rings. The zero-order valence-corrected chi connectivity index (χ0v) is 11.8. The molecule has 0 aliphatic heterocycles. The second-order valence-corrected chi connectivity index (χ2v) is 4.65. The molecule has 94 valence electrons. The van der Waals surface area contributed by atoms with Crippen LogP contribution in [-0.2, 0) is 6.42 Å². The van der Waals surface area contributed by atoms with Gasteiger partial charge >= 0.3 is 0 Å². The highest BCUT2D eigenvalue weighted by Crippen LogP contribution is 2.23. The minimum atomic E-state index is -0.214. The molecule has 1 amide bonds. The Morgan fingerprint density at radius 1 is 1.44 bits per heavy atom. The van der Waals surface area contributed by atoms with Crippen molar-refractivity contribution in [2.45, 2.75) is 13.3 Å². The van der Waals surface area contributed by atoms with Crippen LogP contribution in [0.15, 0.2) is 39.4 Å². The molecule has 0 atom stereocenters. The summed E-state index contributed by atoms with van der Waals surface area (Å²) in [5, 5.41) is 0. The molecule has 0 aliphatic rings. The lowest BCUT2D eigenvalue weighted by Gasteiger charge is -2.15. The third-order valence-corrected chi connectivity index (χ3v) is 3.20. The predicted octanol–water partition coefficient (Wildman–Crippen LogP) is 3.28. The number of halogens is 1. The summed E-state index contributed by atoms with van der Waals surface area (Å²) < 4.78 is 6.21. The molecule has 0 spiro atoms. The summed E-state index contributed by atoms with van der Waals surface area (Å²) in [6.45, 7) is 1.98. The molecule has 0 bridgehead atoms. The maximum absolute atomic E-state index is 12.2. The van der Waals surface area contributed by atoms with Crippen molar-refractivity contribution in [2.24, 2.45) is 0 Å². The van der Waals surface area contributed by atoms with Gasteiger partial charge in [0, 0.05) is 19.7 Å². The molecule has 2 heterocycles. The minimum absolute atomic E-state index is 0.214. The van der Waals surface area contributed by atoms with Crippen LogP contribution in [0.4, 0.5) is 5.82 Å². The van der Waals surface area contributed by atoms with Crippen LogP contribution in [0, 0.1) is 0 Å². The molecule has 0 saturated heterocycles. The highest BCUT2D eigenvalue weighted by molar-refractivity contribution is 9.10. The van der Waals surface area contributed by atoms with E-state index in [0.717, 1.165) is 16.7 Å². The topological polar surface area (TPSA) is 46.3 Å². The monoisotopic (exact) mass is 308 g/mol. The summed E-state index contributed by atoms with van der Waals surface area (Å²) in [6.07, 6.45) is 2.41. The molecule has 4 nitrogen and oxygen atoms in total. The number of carbonyl (C=O) groups is 1. The van der Waals surface area contributed by atoms with Gasteiger partial charge in [-0.25, -0.2) is 4.98 Å². The van der Waals surface area contributed by atoms with Crippen molar-refractivity contribution in [1.82, 2.24) is 4.98 Å². The van der Waals surface area contributed by atoms with Crippen LogP contribution < -0.4 is 4.90 Å². The first-order valence-electron chi connectivity index (χ1n) is 5.60. The van der Waals surface area contributed by atoms with E-state index in [-0.39, 0.29) is 5.91 Å². The number of nitrogens with zero attached hydrogens (tertiary/aromatic N) is 2. The number of hydrogen-bond donors (Lipinski definition) is 0. The van der Waals surface area contributed by atoms with E-state index in [1.807, 2.05) is 19.1 Å². The van der Waals surface area contributed by atoms with E-state index in [2.05, 4.69) is 20.9 Å². The van der Waals surface area contributed by atoms with Gasteiger partial charge in [0.1, 0.15) is 11.6 Å². The van der Waals surface area contributed by atoms with Gasteiger partial charge in [-0.15, -0.1) is 0 Å². The van der Waals surface area contributed by atoms with Crippen molar-refractivity contribution in [3.05, 3.63) is 46.5 Å². The molecule has 0 radical (unpaired) electrons. The number of carbonyl (C=O) groups excluding carboxylic acids is 1. The molecular weight excluding hydrogens is 296 g/mol. The fraction of sp³-hybridized carbons (Fsp3) is 0.231. The van der Waals surface area contributed by atoms with Crippen LogP contribution in [0.25, 0.3) is 0 Å². The Morgan fingerprint density at radius 2 is 2.22 bits per heavy atom. The van der Waals surface area contributed by atoms with Crippen LogP contribution in [-0.4, -0.2) is 17.9 Å². The van der Waals surface area contributed by atoms with Crippen LogP contribution in [0.3, 0.4) is 0 Å². The van der Waals surface area contributed by atoms with Gasteiger partial charge in [-0.05, 0) is 40.2 Å². The lowest BCUT2D eigenvalue weighted by atomic mass is 10.3. The zero-order valence-electron chi connectivity index (χ0n) is 10.2. The Kier molecular flexibility index (Phi) is 3.81. The lowest BCUT2D eigenvalue weighted by Crippen LogP contribution is -2.27. The highest BCUT2D eigenvalue weighted by atomic mass is 79.9. The van der Waals surface area contributed by atoms with E-state index >= 15 is 0 Å². The number of aryl methyl sites for hydroxylation is 1. The summed E-state index contributed by atoms with van der Waals surface area (Å²) in [7, 11) is 1.67.